The van der Waals surface area contributed by atoms with Crippen molar-refractivity contribution in [2.24, 2.45) is 5.92 Å². The fraction of sp³-hybridized carbons (Fsp3) is 0.353. The number of benzene rings is 1. The molecule has 6 heteroatoms. The molecule has 1 amide bonds. The van der Waals surface area contributed by atoms with Crippen molar-refractivity contribution in [1.82, 2.24) is 19.6 Å². The first-order valence-corrected chi connectivity index (χ1v) is 8.01. The monoisotopic (exact) mass is 309 g/mol. The van der Waals surface area contributed by atoms with Gasteiger partial charge in [0, 0.05) is 24.5 Å². The molecule has 1 saturated carbocycles. The van der Waals surface area contributed by atoms with E-state index in [4.69, 9.17) is 0 Å². The van der Waals surface area contributed by atoms with Gasteiger partial charge in [0.25, 0.3) is 0 Å². The van der Waals surface area contributed by atoms with Gasteiger partial charge in [0.15, 0.2) is 0 Å². The van der Waals surface area contributed by atoms with Crippen LogP contribution in [0.25, 0.3) is 10.9 Å². The minimum Gasteiger partial charge on any atom is -0.323 e. The van der Waals surface area contributed by atoms with Gasteiger partial charge in [-0.2, -0.15) is 10.2 Å². The number of fused-ring (bicyclic) bond motifs is 1. The molecule has 2 aromatic heterocycles. The molecule has 4 rings (SSSR count). The van der Waals surface area contributed by atoms with Crippen molar-refractivity contribution < 1.29 is 4.79 Å². The molecule has 0 bridgehead atoms. The molecule has 1 fully saturated rings. The second-order valence-corrected chi connectivity index (χ2v) is 6.12. The second-order valence-electron chi connectivity index (χ2n) is 6.12. The van der Waals surface area contributed by atoms with E-state index in [-0.39, 0.29) is 5.91 Å². The van der Waals surface area contributed by atoms with Gasteiger partial charge in [-0.25, -0.2) is 0 Å². The third-order valence-corrected chi connectivity index (χ3v) is 4.16. The Morgan fingerprint density at radius 2 is 2.09 bits per heavy atom. The fourth-order valence-electron chi connectivity index (χ4n) is 2.73. The van der Waals surface area contributed by atoms with E-state index in [0.717, 1.165) is 29.1 Å². The number of amides is 1. The maximum atomic E-state index is 12.1. The number of para-hydroxylation sites is 1. The summed E-state index contributed by atoms with van der Waals surface area (Å²) in [5.74, 6) is 0.752. The van der Waals surface area contributed by atoms with Gasteiger partial charge in [-0.05, 0) is 24.8 Å². The number of aromatic nitrogens is 4. The molecule has 0 saturated heterocycles. The van der Waals surface area contributed by atoms with E-state index in [9.17, 15) is 4.79 Å². The van der Waals surface area contributed by atoms with Crippen LogP contribution in [-0.4, -0.2) is 25.5 Å². The predicted octanol–water partition coefficient (Wildman–Crippen LogP) is 2.67. The van der Waals surface area contributed by atoms with Crippen molar-refractivity contribution >= 4 is 22.5 Å². The Kier molecular flexibility index (Phi) is 3.57. The predicted molar refractivity (Wildman–Crippen MR) is 87.9 cm³/mol. The Morgan fingerprint density at radius 3 is 2.96 bits per heavy atom. The molecule has 0 unspecified atom stereocenters. The summed E-state index contributed by atoms with van der Waals surface area (Å²) in [6.07, 6.45) is 8.41. The molecule has 6 nitrogen and oxygen atoms in total. The van der Waals surface area contributed by atoms with Gasteiger partial charge in [-0.1, -0.05) is 18.2 Å². The number of rotatable bonds is 6. The van der Waals surface area contributed by atoms with Gasteiger partial charge in [0.05, 0.1) is 30.1 Å². The van der Waals surface area contributed by atoms with Crippen molar-refractivity contribution in [1.29, 1.82) is 0 Å². The lowest BCUT2D eigenvalue weighted by Gasteiger charge is -2.04. The largest absolute Gasteiger partial charge is 0.323 e. The molecular weight excluding hydrogens is 290 g/mol. The summed E-state index contributed by atoms with van der Waals surface area (Å²) in [5.41, 5.74) is 1.82. The molecule has 0 atom stereocenters. The molecule has 0 radical (unpaired) electrons. The number of hydrogen-bond donors (Lipinski definition) is 1. The Morgan fingerprint density at radius 1 is 1.22 bits per heavy atom. The van der Waals surface area contributed by atoms with Crippen LogP contribution in [0.5, 0.6) is 0 Å². The Labute approximate surface area is 134 Å². The number of carbonyl (C=O) groups excluding carboxylic acids is 1. The summed E-state index contributed by atoms with van der Waals surface area (Å²) < 4.78 is 3.78. The Bertz CT molecular complexity index is 830. The van der Waals surface area contributed by atoms with E-state index in [1.165, 1.54) is 12.8 Å². The number of hydrogen-bond acceptors (Lipinski definition) is 3. The zero-order valence-electron chi connectivity index (χ0n) is 12.9. The molecule has 118 valence electrons. The van der Waals surface area contributed by atoms with E-state index < -0.39 is 0 Å². The van der Waals surface area contributed by atoms with Gasteiger partial charge < -0.3 is 5.32 Å². The first-order valence-electron chi connectivity index (χ1n) is 8.01. The molecule has 0 aliphatic heterocycles. The number of aryl methyl sites for hydroxylation is 1. The number of carbonyl (C=O) groups is 1. The lowest BCUT2D eigenvalue weighted by atomic mass is 10.2. The SMILES string of the molecule is O=C(CCn1ncc2ccccc21)Nc1cnn(CC2CC2)c1. The molecule has 1 aromatic carbocycles. The van der Waals surface area contributed by atoms with E-state index in [2.05, 4.69) is 15.5 Å². The second kappa shape index (κ2) is 5.87. The molecule has 1 aliphatic carbocycles. The Hall–Kier alpha value is -2.63. The van der Waals surface area contributed by atoms with Gasteiger partial charge in [-0.3, -0.25) is 14.2 Å². The summed E-state index contributed by atoms with van der Waals surface area (Å²) in [4.78, 5) is 12.1. The average molecular weight is 309 g/mol. The zero-order valence-corrected chi connectivity index (χ0v) is 12.9. The summed E-state index contributed by atoms with van der Waals surface area (Å²) >= 11 is 0. The molecule has 23 heavy (non-hydrogen) atoms. The lowest BCUT2D eigenvalue weighted by Crippen LogP contribution is -2.14. The van der Waals surface area contributed by atoms with E-state index in [1.807, 2.05) is 46.0 Å². The summed E-state index contributed by atoms with van der Waals surface area (Å²) in [6.45, 7) is 1.52. The highest BCUT2D eigenvalue weighted by Crippen LogP contribution is 2.30. The first-order chi connectivity index (χ1) is 11.3. The average Bonchev–Trinajstić information content (AvgIpc) is 3.10. The van der Waals surface area contributed by atoms with Crippen LogP contribution in [0.3, 0.4) is 0 Å². The van der Waals surface area contributed by atoms with E-state index >= 15 is 0 Å². The van der Waals surface area contributed by atoms with Gasteiger partial charge in [0.2, 0.25) is 5.91 Å². The zero-order chi connectivity index (χ0) is 15.6. The number of anilines is 1. The highest BCUT2D eigenvalue weighted by molar-refractivity contribution is 5.90. The molecule has 0 spiro atoms. The van der Waals surface area contributed by atoms with Gasteiger partial charge >= 0.3 is 0 Å². The van der Waals surface area contributed by atoms with Crippen LogP contribution in [0.1, 0.15) is 19.3 Å². The van der Waals surface area contributed by atoms with Gasteiger partial charge in [0.1, 0.15) is 0 Å². The number of nitrogens with zero attached hydrogens (tertiary/aromatic N) is 4. The van der Waals surface area contributed by atoms with Crippen LogP contribution >= 0.6 is 0 Å². The van der Waals surface area contributed by atoms with E-state index in [0.29, 0.717) is 13.0 Å². The minimum absolute atomic E-state index is 0.0180. The normalized spacial score (nSPS) is 14.3. The van der Waals surface area contributed by atoms with Crippen LogP contribution in [0.4, 0.5) is 5.69 Å². The van der Waals surface area contributed by atoms with Crippen LogP contribution in [0.15, 0.2) is 42.9 Å². The molecule has 1 aliphatic rings. The van der Waals surface area contributed by atoms with Crippen molar-refractivity contribution in [3.63, 3.8) is 0 Å². The maximum Gasteiger partial charge on any atom is 0.226 e. The quantitative estimate of drug-likeness (QED) is 0.761. The van der Waals surface area contributed by atoms with Gasteiger partial charge in [-0.15, -0.1) is 0 Å². The molecular formula is C17H19N5O. The topological polar surface area (TPSA) is 64.7 Å². The fourth-order valence-corrected chi connectivity index (χ4v) is 2.73. The third kappa shape index (κ3) is 3.26. The molecule has 2 heterocycles. The summed E-state index contributed by atoms with van der Waals surface area (Å²) in [5, 5.41) is 12.6. The lowest BCUT2D eigenvalue weighted by molar-refractivity contribution is -0.116. The van der Waals surface area contributed by atoms with Crippen LogP contribution in [0.2, 0.25) is 0 Å². The third-order valence-electron chi connectivity index (χ3n) is 4.16. The molecule has 3 aromatic rings. The van der Waals surface area contributed by atoms with Crippen LogP contribution in [0, 0.1) is 5.92 Å². The van der Waals surface area contributed by atoms with E-state index in [1.54, 1.807) is 6.20 Å². The highest BCUT2D eigenvalue weighted by Gasteiger charge is 2.22. The Balaban J connectivity index is 1.33. The smallest absolute Gasteiger partial charge is 0.226 e. The number of nitrogens with one attached hydrogen (secondary N) is 1. The highest BCUT2D eigenvalue weighted by atomic mass is 16.1. The van der Waals surface area contributed by atoms with Crippen LogP contribution in [-0.2, 0) is 17.9 Å². The van der Waals surface area contributed by atoms with Crippen molar-refractivity contribution in [3.05, 3.63) is 42.9 Å². The summed E-state index contributed by atoms with van der Waals surface area (Å²) in [6, 6.07) is 8.00. The van der Waals surface area contributed by atoms with Crippen molar-refractivity contribution in [3.8, 4) is 0 Å². The summed E-state index contributed by atoms with van der Waals surface area (Å²) in [7, 11) is 0. The minimum atomic E-state index is -0.0180. The van der Waals surface area contributed by atoms with Crippen molar-refractivity contribution in [2.75, 3.05) is 5.32 Å². The first kappa shape index (κ1) is 14.0. The van der Waals surface area contributed by atoms with Crippen molar-refractivity contribution in [2.45, 2.75) is 32.4 Å². The van der Waals surface area contributed by atoms with Crippen LogP contribution < -0.4 is 5.32 Å². The maximum absolute atomic E-state index is 12.1. The standard InChI is InChI=1S/C17H19N5O/c23-17(20-15-10-18-21(12-15)11-13-5-6-13)7-8-22-16-4-2-1-3-14(16)9-19-22/h1-4,9-10,12-13H,5-8,11H2,(H,20,23). The molecule has 1 N–H and O–H groups in total.